The Bertz CT molecular complexity index is 685. The van der Waals surface area contributed by atoms with E-state index in [1.54, 1.807) is 6.07 Å². The molecule has 0 radical (unpaired) electrons. The third kappa shape index (κ3) is 2.49. The van der Waals surface area contributed by atoms with Gasteiger partial charge in [0.2, 0.25) is 0 Å². The maximum atomic E-state index is 13.7. The molecule has 0 bridgehead atoms. The maximum Gasteiger partial charge on any atom is 0.355 e. The zero-order chi connectivity index (χ0) is 14.7. The van der Waals surface area contributed by atoms with Crippen molar-refractivity contribution in [2.75, 3.05) is 7.11 Å². The molecule has 102 valence electrons. The van der Waals surface area contributed by atoms with Crippen LogP contribution in [0.5, 0.6) is 0 Å². The normalized spacial score (nSPS) is 10.1. The van der Waals surface area contributed by atoms with Crippen molar-refractivity contribution in [3.05, 3.63) is 53.5 Å². The van der Waals surface area contributed by atoms with Crippen LogP contribution < -0.4 is 0 Å². The van der Waals surface area contributed by atoms with Gasteiger partial charge in [-0.1, -0.05) is 12.1 Å². The highest BCUT2D eigenvalue weighted by Gasteiger charge is 2.20. The number of rotatable bonds is 3. The lowest BCUT2D eigenvalue weighted by Crippen LogP contribution is -2.12. The second kappa shape index (κ2) is 5.48. The summed E-state index contributed by atoms with van der Waals surface area (Å²) in [5, 5.41) is 9.09. The Morgan fingerprint density at radius 2 is 1.90 bits per heavy atom. The molecular weight excluding hydrogens is 265 g/mol. The molecule has 0 saturated carbocycles. The Morgan fingerprint density at radius 3 is 2.50 bits per heavy atom. The molecule has 0 aliphatic carbocycles. The van der Waals surface area contributed by atoms with E-state index < -0.39 is 23.4 Å². The lowest BCUT2D eigenvalue weighted by atomic mass is 10.1. The summed E-state index contributed by atoms with van der Waals surface area (Å²) in [6, 6.07) is 8.46. The molecule has 0 unspecified atom stereocenters. The summed E-state index contributed by atoms with van der Waals surface area (Å²) in [5.41, 5.74) is -0.364. The van der Waals surface area contributed by atoms with Crippen LogP contribution in [0.25, 0.3) is 11.3 Å². The number of aromatic nitrogens is 1. The molecule has 0 spiro atoms. The third-order valence-electron chi connectivity index (χ3n) is 2.65. The van der Waals surface area contributed by atoms with Gasteiger partial charge >= 0.3 is 11.9 Å². The number of carbonyl (C=O) groups is 2. The average Bonchev–Trinajstić information content (AvgIpc) is 2.46. The summed E-state index contributed by atoms with van der Waals surface area (Å²) in [4.78, 5) is 26.4. The van der Waals surface area contributed by atoms with Gasteiger partial charge < -0.3 is 9.84 Å². The lowest BCUT2D eigenvalue weighted by Gasteiger charge is -2.07. The van der Waals surface area contributed by atoms with Crippen molar-refractivity contribution in [2.45, 2.75) is 0 Å². The van der Waals surface area contributed by atoms with Gasteiger partial charge in [0.05, 0.1) is 18.4 Å². The van der Waals surface area contributed by atoms with Crippen molar-refractivity contribution < 1.29 is 23.8 Å². The topological polar surface area (TPSA) is 76.5 Å². The van der Waals surface area contributed by atoms with Gasteiger partial charge in [0.15, 0.2) is 5.69 Å². The fraction of sp³-hybridized carbons (Fsp3) is 0.0714. The van der Waals surface area contributed by atoms with Gasteiger partial charge in [0.25, 0.3) is 0 Å². The van der Waals surface area contributed by atoms with Crippen LogP contribution in [0.15, 0.2) is 36.4 Å². The Kier molecular flexibility index (Phi) is 3.74. The molecule has 0 saturated heterocycles. The van der Waals surface area contributed by atoms with E-state index in [1.807, 2.05) is 0 Å². The number of carboxylic acids is 1. The van der Waals surface area contributed by atoms with Crippen molar-refractivity contribution in [3.63, 3.8) is 0 Å². The van der Waals surface area contributed by atoms with E-state index in [-0.39, 0.29) is 16.8 Å². The first-order chi connectivity index (χ1) is 9.54. The van der Waals surface area contributed by atoms with Crippen LogP contribution in [0.1, 0.15) is 20.8 Å². The molecule has 1 heterocycles. The third-order valence-corrected chi connectivity index (χ3v) is 2.65. The number of esters is 1. The molecular formula is C14H10FNO4. The smallest absolute Gasteiger partial charge is 0.355 e. The van der Waals surface area contributed by atoms with Crippen LogP contribution in [-0.4, -0.2) is 29.1 Å². The van der Waals surface area contributed by atoms with E-state index >= 15 is 0 Å². The van der Waals surface area contributed by atoms with Crippen molar-refractivity contribution >= 4 is 11.9 Å². The van der Waals surface area contributed by atoms with Gasteiger partial charge in [-0.25, -0.2) is 19.0 Å². The molecule has 2 rings (SSSR count). The second-order valence-electron chi connectivity index (χ2n) is 3.87. The van der Waals surface area contributed by atoms with Gasteiger partial charge in [-0.2, -0.15) is 0 Å². The minimum absolute atomic E-state index is 0.133. The number of carbonyl (C=O) groups excluding carboxylic acids is 1. The predicted molar refractivity (Wildman–Crippen MR) is 67.9 cm³/mol. The molecule has 20 heavy (non-hydrogen) atoms. The first kappa shape index (κ1) is 13.7. The molecule has 0 atom stereocenters. The number of hydrogen-bond donors (Lipinski definition) is 1. The number of pyridine rings is 1. The lowest BCUT2D eigenvalue weighted by molar-refractivity contribution is 0.0580. The number of nitrogens with zero attached hydrogens (tertiary/aromatic N) is 1. The first-order valence-electron chi connectivity index (χ1n) is 5.62. The van der Waals surface area contributed by atoms with E-state index in [9.17, 15) is 14.0 Å². The van der Waals surface area contributed by atoms with E-state index in [0.717, 1.165) is 7.11 Å². The molecule has 6 heteroatoms. The van der Waals surface area contributed by atoms with Gasteiger partial charge in [0.1, 0.15) is 5.82 Å². The zero-order valence-electron chi connectivity index (χ0n) is 10.5. The summed E-state index contributed by atoms with van der Waals surface area (Å²) in [6.07, 6.45) is 0. The molecule has 5 nitrogen and oxygen atoms in total. The quantitative estimate of drug-likeness (QED) is 0.870. The fourth-order valence-electron chi connectivity index (χ4n) is 1.72. The summed E-state index contributed by atoms with van der Waals surface area (Å²) < 4.78 is 18.1. The van der Waals surface area contributed by atoms with Gasteiger partial charge in [-0.3, -0.25) is 0 Å². The standard InChI is InChI=1S/C14H10FNO4/c1-20-14(19)9-6-7-11(16-12(9)13(17)18)8-4-2-3-5-10(8)15/h2-7H,1H3,(H,17,18). The maximum absolute atomic E-state index is 13.7. The van der Waals surface area contributed by atoms with Gasteiger partial charge in [-0.15, -0.1) is 0 Å². The predicted octanol–water partition coefficient (Wildman–Crippen LogP) is 2.37. The Hall–Kier alpha value is -2.76. The number of hydrogen-bond acceptors (Lipinski definition) is 4. The second-order valence-corrected chi connectivity index (χ2v) is 3.87. The Balaban J connectivity index is 2.59. The van der Waals surface area contributed by atoms with E-state index in [1.165, 1.54) is 30.3 Å². The summed E-state index contributed by atoms with van der Waals surface area (Å²) >= 11 is 0. The fourth-order valence-corrected chi connectivity index (χ4v) is 1.72. The van der Waals surface area contributed by atoms with Crippen molar-refractivity contribution in [2.24, 2.45) is 0 Å². The van der Waals surface area contributed by atoms with Crippen molar-refractivity contribution in [1.82, 2.24) is 4.98 Å². The summed E-state index contributed by atoms with van der Waals surface area (Å²) in [7, 11) is 1.14. The highest BCUT2D eigenvalue weighted by Crippen LogP contribution is 2.22. The van der Waals surface area contributed by atoms with Crippen LogP contribution >= 0.6 is 0 Å². The van der Waals surface area contributed by atoms with E-state index in [0.29, 0.717) is 0 Å². The number of methoxy groups -OCH3 is 1. The highest BCUT2D eigenvalue weighted by molar-refractivity contribution is 6.01. The number of ether oxygens (including phenoxy) is 1. The summed E-state index contributed by atoms with van der Waals surface area (Å²) in [5.74, 6) is -2.72. The number of carboxylic acid groups (broad SMARTS) is 1. The SMILES string of the molecule is COC(=O)c1ccc(-c2ccccc2F)nc1C(=O)O. The minimum Gasteiger partial charge on any atom is -0.476 e. The molecule has 0 fully saturated rings. The molecule has 1 aromatic heterocycles. The molecule has 2 aromatic rings. The number of benzene rings is 1. The van der Waals surface area contributed by atoms with E-state index in [2.05, 4.69) is 9.72 Å². The summed E-state index contributed by atoms with van der Waals surface area (Å²) in [6.45, 7) is 0. The van der Waals surface area contributed by atoms with Gasteiger partial charge in [-0.05, 0) is 24.3 Å². The number of aromatic carboxylic acids is 1. The van der Waals surface area contributed by atoms with Crippen molar-refractivity contribution in [1.29, 1.82) is 0 Å². The van der Waals surface area contributed by atoms with Crippen LogP contribution in [0.4, 0.5) is 4.39 Å². The molecule has 0 amide bonds. The molecule has 1 aromatic carbocycles. The van der Waals surface area contributed by atoms with Crippen molar-refractivity contribution in [3.8, 4) is 11.3 Å². The van der Waals surface area contributed by atoms with Crippen LogP contribution in [0, 0.1) is 5.82 Å². The minimum atomic E-state index is -1.39. The average molecular weight is 275 g/mol. The van der Waals surface area contributed by atoms with Gasteiger partial charge in [0, 0.05) is 5.56 Å². The molecule has 1 N–H and O–H groups in total. The van der Waals surface area contributed by atoms with Crippen LogP contribution in [0.2, 0.25) is 0 Å². The van der Waals surface area contributed by atoms with Crippen LogP contribution in [-0.2, 0) is 4.74 Å². The first-order valence-corrected chi connectivity index (χ1v) is 5.62. The number of halogens is 1. The highest BCUT2D eigenvalue weighted by atomic mass is 19.1. The largest absolute Gasteiger partial charge is 0.476 e. The van der Waals surface area contributed by atoms with E-state index in [4.69, 9.17) is 5.11 Å². The van der Waals surface area contributed by atoms with Crippen LogP contribution in [0.3, 0.4) is 0 Å². The Morgan fingerprint density at radius 1 is 1.20 bits per heavy atom. The molecule has 0 aliphatic rings. The zero-order valence-corrected chi connectivity index (χ0v) is 10.5. The molecule has 0 aliphatic heterocycles. The Labute approximate surface area is 113 Å². The monoisotopic (exact) mass is 275 g/mol.